The maximum atomic E-state index is 6.31. The molecule has 1 aliphatic carbocycles. The number of imidazole rings is 1. The van der Waals surface area contributed by atoms with Crippen LogP contribution in [0, 0.1) is 6.92 Å². The van der Waals surface area contributed by atoms with Gasteiger partial charge >= 0.3 is 0 Å². The minimum atomic E-state index is 0.472. The van der Waals surface area contributed by atoms with Gasteiger partial charge in [0.1, 0.15) is 18.2 Å². The number of nitrogens with zero attached hydrogens (tertiary/aromatic N) is 2. The zero-order valence-corrected chi connectivity index (χ0v) is 19.8. The Labute approximate surface area is 187 Å². The monoisotopic (exact) mass is 426 g/mol. The summed E-state index contributed by atoms with van der Waals surface area (Å²) < 4.78 is 8.44. The summed E-state index contributed by atoms with van der Waals surface area (Å²) >= 11 is 6.21. The van der Waals surface area contributed by atoms with E-state index in [9.17, 15) is 0 Å². The largest absolute Gasteiger partial charge is 0.489 e. The van der Waals surface area contributed by atoms with Gasteiger partial charge in [-0.3, -0.25) is 0 Å². The Balaban J connectivity index is 0.00000155. The fraction of sp³-hybridized carbons (Fsp3) is 0.423. The molecule has 0 amide bonds. The van der Waals surface area contributed by atoms with Gasteiger partial charge in [0.05, 0.1) is 0 Å². The quantitative estimate of drug-likeness (QED) is 0.430. The topological polar surface area (TPSA) is 27.1 Å². The molecule has 1 aromatic carbocycles. The van der Waals surface area contributed by atoms with Crippen LogP contribution in [0.15, 0.2) is 65.7 Å². The number of rotatable bonds is 8. The number of aromatic nitrogens is 2. The molecule has 0 N–H and O–H groups in total. The van der Waals surface area contributed by atoms with Crippen molar-refractivity contribution in [1.29, 1.82) is 0 Å². The van der Waals surface area contributed by atoms with Gasteiger partial charge in [-0.1, -0.05) is 70.0 Å². The minimum Gasteiger partial charge on any atom is -0.489 e. The van der Waals surface area contributed by atoms with Crippen LogP contribution < -0.4 is 0 Å². The standard InChI is InChI=1S/C24H29ClN2O.C2H6/c1-4-8-22-20(5-2)9-6-7-10-23(22)28-17-24-26-11-12-27(24)16-19-13-18(3)14-21(25)15-19;1-2/h6-7,9,11-15H,4-5,8,10,16-17H2,1-3H3;1-2H3. The third-order valence-corrected chi connectivity index (χ3v) is 5.19. The van der Waals surface area contributed by atoms with E-state index in [1.54, 1.807) is 0 Å². The molecule has 0 atom stereocenters. The number of ether oxygens (including phenoxy) is 1. The van der Waals surface area contributed by atoms with Gasteiger partial charge in [-0.2, -0.15) is 0 Å². The molecule has 4 heteroatoms. The molecule has 0 fully saturated rings. The second-order valence-electron chi connectivity index (χ2n) is 7.23. The van der Waals surface area contributed by atoms with E-state index in [2.05, 4.69) is 54.6 Å². The van der Waals surface area contributed by atoms with Crippen molar-refractivity contribution in [2.45, 2.75) is 73.5 Å². The third kappa shape index (κ3) is 6.63. The van der Waals surface area contributed by atoms with E-state index in [-0.39, 0.29) is 0 Å². The van der Waals surface area contributed by atoms with Gasteiger partial charge in [0.25, 0.3) is 0 Å². The van der Waals surface area contributed by atoms with Crippen molar-refractivity contribution in [3.05, 3.63) is 87.7 Å². The molecule has 0 radical (unpaired) electrons. The second-order valence-corrected chi connectivity index (χ2v) is 7.66. The van der Waals surface area contributed by atoms with Crippen molar-refractivity contribution >= 4 is 11.6 Å². The van der Waals surface area contributed by atoms with E-state index in [1.807, 2.05) is 38.4 Å². The molecule has 1 aromatic heterocycles. The summed E-state index contributed by atoms with van der Waals surface area (Å²) in [6.07, 6.45) is 14.4. The molecule has 0 spiro atoms. The summed E-state index contributed by atoms with van der Waals surface area (Å²) in [5.41, 5.74) is 5.07. The highest BCUT2D eigenvalue weighted by atomic mass is 35.5. The van der Waals surface area contributed by atoms with Gasteiger partial charge in [-0.15, -0.1) is 0 Å². The van der Waals surface area contributed by atoms with E-state index in [4.69, 9.17) is 16.3 Å². The predicted octanol–water partition coefficient (Wildman–Crippen LogP) is 7.79. The fourth-order valence-corrected chi connectivity index (χ4v) is 3.98. The first-order chi connectivity index (χ1) is 14.6. The average molecular weight is 427 g/mol. The van der Waals surface area contributed by atoms with Gasteiger partial charge in [0.2, 0.25) is 0 Å². The Kier molecular flexibility index (Phi) is 9.96. The van der Waals surface area contributed by atoms with Gasteiger partial charge in [-0.05, 0) is 54.2 Å². The highest BCUT2D eigenvalue weighted by Crippen LogP contribution is 2.29. The van der Waals surface area contributed by atoms with Crippen LogP contribution in [0.5, 0.6) is 0 Å². The van der Waals surface area contributed by atoms with E-state index in [0.717, 1.165) is 48.8 Å². The summed E-state index contributed by atoms with van der Waals surface area (Å²) in [7, 11) is 0. The van der Waals surface area contributed by atoms with E-state index in [1.165, 1.54) is 22.3 Å². The average Bonchev–Trinajstić information content (AvgIpc) is 3.07. The highest BCUT2D eigenvalue weighted by Gasteiger charge is 2.14. The van der Waals surface area contributed by atoms with Crippen molar-refractivity contribution in [3.63, 3.8) is 0 Å². The van der Waals surface area contributed by atoms with E-state index < -0.39 is 0 Å². The van der Waals surface area contributed by atoms with Crippen molar-refractivity contribution in [3.8, 4) is 0 Å². The van der Waals surface area contributed by atoms with Crippen molar-refractivity contribution in [2.24, 2.45) is 0 Å². The first-order valence-electron chi connectivity index (χ1n) is 11.1. The Morgan fingerprint density at radius 2 is 1.97 bits per heavy atom. The normalized spacial score (nSPS) is 13.5. The van der Waals surface area contributed by atoms with Crippen molar-refractivity contribution in [1.82, 2.24) is 9.55 Å². The summed E-state index contributed by atoms with van der Waals surface area (Å²) in [6.45, 7) is 11.7. The van der Waals surface area contributed by atoms with Crippen LogP contribution in [-0.4, -0.2) is 9.55 Å². The second kappa shape index (κ2) is 12.4. The van der Waals surface area contributed by atoms with E-state index in [0.29, 0.717) is 6.61 Å². The lowest BCUT2D eigenvalue weighted by Crippen LogP contribution is -2.08. The van der Waals surface area contributed by atoms with Crippen LogP contribution in [0.1, 0.15) is 70.3 Å². The molecule has 0 bridgehead atoms. The maximum Gasteiger partial charge on any atom is 0.147 e. The first-order valence-corrected chi connectivity index (χ1v) is 11.5. The molecular formula is C26H35ClN2O. The van der Waals surface area contributed by atoms with Gasteiger partial charge < -0.3 is 9.30 Å². The molecule has 0 saturated carbocycles. The van der Waals surface area contributed by atoms with Crippen LogP contribution in [0.2, 0.25) is 5.02 Å². The van der Waals surface area contributed by atoms with Crippen molar-refractivity contribution < 1.29 is 4.74 Å². The SMILES string of the molecule is CC.CCCC1=C(OCc2nccn2Cc2cc(C)cc(Cl)c2)CC=CC=C1CC. The van der Waals surface area contributed by atoms with Gasteiger partial charge in [0, 0.05) is 30.4 Å². The van der Waals surface area contributed by atoms with Crippen LogP contribution in [-0.2, 0) is 17.9 Å². The number of hydrogen-bond acceptors (Lipinski definition) is 2. The molecule has 3 rings (SSSR count). The number of allylic oxidation sites excluding steroid dienone is 5. The van der Waals surface area contributed by atoms with Crippen LogP contribution in [0.4, 0.5) is 0 Å². The smallest absolute Gasteiger partial charge is 0.147 e. The molecular weight excluding hydrogens is 392 g/mol. The third-order valence-electron chi connectivity index (χ3n) is 4.97. The van der Waals surface area contributed by atoms with Crippen LogP contribution >= 0.6 is 11.6 Å². The van der Waals surface area contributed by atoms with Crippen molar-refractivity contribution in [2.75, 3.05) is 0 Å². The lowest BCUT2D eigenvalue weighted by atomic mass is 9.98. The molecule has 162 valence electrons. The fourth-order valence-electron chi connectivity index (χ4n) is 3.67. The Bertz CT molecular complexity index is 885. The predicted molar refractivity (Wildman–Crippen MR) is 128 cm³/mol. The molecule has 0 saturated heterocycles. The molecule has 0 aliphatic heterocycles. The minimum absolute atomic E-state index is 0.472. The molecule has 3 nitrogen and oxygen atoms in total. The summed E-state index contributed by atoms with van der Waals surface area (Å²) in [6, 6.07) is 6.14. The maximum absolute atomic E-state index is 6.31. The number of benzene rings is 1. The first kappa shape index (κ1) is 24.0. The summed E-state index contributed by atoms with van der Waals surface area (Å²) in [5, 5.41) is 0.770. The molecule has 1 heterocycles. The number of aryl methyl sites for hydroxylation is 1. The van der Waals surface area contributed by atoms with Crippen LogP contribution in [0.3, 0.4) is 0 Å². The molecule has 1 aliphatic rings. The Hall–Kier alpha value is -2.26. The van der Waals surface area contributed by atoms with Gasteiger partial charge in [0.15, 0.2) is 0 Å². The molecule has 30 heavy (non-hydrogen) atoms. The Morgan fingerprint density at radius 3 is 2.67 bits per heavy atom. The zero-order valence-electron chi connectivity index (χ0n) is 19.0. The van der Waals surface area contributed by atoms with E-state index >= 15 is 0 Å². The highest BCUT2D eigenvalue weighted by molar-refractivity contribution is 6.30. The molecule has 2 aromatic rings. The zero-order chi connectivity index (χ0) is 21.9. The number of hydrogen-bond donors (Lipinski definition) is 0. The lowest BCUT2D eigenvalue weighted by Gasteiger charge is -2.17. The number of halogens is 1. The Morgan fingerprint density at radius 1 is 1.17 bits per heavy atom. The summed E-state index contributed by atoms with van der Waals surface area (Å²) in [4.78, 5) is 4.53. The van der Waals surface area contributed by atoms with Crippen LogP contribution in [0.25, 0.3) is 0 Å². The lowest BCUT2D eigenvalue weighted by molar-refractivity contribution is 0.180. The van der Waals surface area contributed by atoms with Gasteiger partial charge in [-0.25, -0.2) is 4.98 Å². The molecule has 0 unspecified atom stereocenters. The summed E-state index contributed by atoms with van der Waals surface area (Å²) in [5.74, 6) is 2.01.